The summed E-state index contributed by atoms with van der Waals surface area (Å²) in [7, 11) is 1.94. The second-order valence-corrected chi connectivity index (χ2v) is 7.25. The van der Waals surface area contributed by atoms with E-state index in [1.54, 1.807) is 11.3 Å². The SMILES string of the molecule is Cc1nn(C)c2c1nc(C(C)Cl)n2C(C)(C)c1nccs1. The summed E-state index contributed by atoms with van der Waals surface area (Å²) >= 11 is 8.02. The van der Waals surface area contributed by atoms with Crippen molar-refractivity contribution < 1.29 is 0 Å². The number of imidazole rings is 1. The summed E-state index contributed by atoms with van der Waals surface area (Å²) in [5.41, 5.74) is 2.47. The third-order valence-corrected chi connectivity index (χ3v) is 4.98. The lowest BCUT2D eigenvalue weighted by molar-refractivity contribution is 0.421. The molecule has 1 unspecified atom stereocenters. The van der Waals surface area contributed by atoms with Gasteiger partial charge in [-0.1, -0.05) is 0 Å². The van der Waals surface area contributed by atoms with Crippen LogP contribution in [0, 0.1) is 6.92 Å². The van der Waals surface area contributed by atoms with Crippen LogP contribution in [-0.4, -0.2) is 24.3 Å². The highest BCUT2D eigenvalue weighted by Gasteiger charge is 2.33. The molecule has 3 rings (SSSR count). The van der Waals surface area contributed by atoms with Crippen molar-refractivity contribution in [1.82, 2.24) is 24.3 Å². The highest BCUT2D eigenvalue weighted by atomic mass is 35.5. The first-order valence-electron chi connectivity index (χ1n) is 6.80. The van der Waals surface area contributed by atoms with Crippen molar-refractivity contribution in [3.63, 3.8) is 0 Å². The van der Waals surface area contributed by atoms with Crippen LogP contribution in [0.2, 0.25) is 0 Å². The van der Waals surface area contributed by atoms with E-state index in [-0.39, 0.29) is 10.9 Å². The lowest BCUT2D eigenvalue weighted by Gasteiger charge is -2.27. The van der Waals surface area contributed by atoms with Gasteiger partial charge in [0.25, 0.3) is 0 Å². The first-order chi connectivity index (χ1) is 9.84. The maximum absolute atomic E-state index is 6.38. The van der Waals surface area contributed by atoms with E-state index >= 15 is 0 Å². The molecule has 3 aromatic rings. The average Bonchev–Trinajstić information content (AvgIpc) is 3.09. The number of fused-ring (bicyclic) bond motifs is 1. The molecule has 0 aliphatic rings. The van der Waals surface area contributed by atoms with Crippen molar-refractivity contribution >= 4 is 34.1 Å². The fourth-order valence-corrected chi connectivity index (χ4v) is 3.63. The van der Waals surface area contributed by atoms with Crippen molar-refractivity contribution in [3.8, 4) is 0 Å². The Hall–Kier alpha value is -1.40. The van der Waals surface area contributed by atoms with E-state index in [0.717, 1.165) is 27.7 Å². The molecule has 0 radical (unpaired) electrons. The van der Waals surface area contributed by atoms with Crippen LogP contribution in [-0.2, 0) is 12.6 Å². The van der Waals surface area contributed by atoms with E-state index in [4.69, 9.17) is 16.6 Å². The predicted molar refractivity (Wildman–Crippen MR) is 86.0 cm³/mol. The van der Waals surface area contributed by atoms with Gasteiger partial charge in [-0.25, -0.2) is 9.97 Å². The number of thiazole rings is 1. The van der Waals surface area contributed by atoms with Gasteiger partial charge >= 0.3 is 0 Å². The topological polar surface area (TPSA) is 48.5 Å². The summed E-state index contributed by atoms with van der Waals surface area (Å²) in [6.45, 7) is 8.19. The lowest BCUT2D eigenvalue weighted by Crippen LogP contribution is -2.30. The second-order valence-electron chi connectivity index (χ2n) is 5.70. The highest BCUT2D eigenvalue weighted by Crippen LogP contribution is 2.36. The van der Waals surface area contributed by atoms with Crippen molar-refractivity contribution in [2.45, 2.75) is 38.6 Å². The van der Waals surface area contributed by atoms with Crippen LogP contribution in [0.4, 0.5) is 0 Å². The summed E-state index contributed by atoms with van der Waals surface area (Å²) in [6.07, 6.45) is 1.83. The Morgan fingerprint density at radius 2 is 2.10 bits per heavy atom. The Labute approximate surface area is 132 Å². The molecule has 0 saturated heterocycles. The van der Waals surface area contributed by atoms with Crippen LogP contribution in [0.1, 0.15) is 42.7 Å². The number of hydrogen-bond acceptors (Lipinski definition) is 4. The van der Waals surface area contributed by atoms with Crippen molar-refractivity contribution in [2.75, 3.05) is 0 Å². The number of aryl methyl sites for hydroxylation is 2. The van der Waals surface area contributed by atoms with Gasteiger partial charge in [0.05, 0.1) is 16.6 Å². The fourth-order valence-electron chi connectivity index (χ4n) is 2.73. The van der Waals surface area contributed by atoms with Crippen LogP contribution in [0.15, 0.2) is 11.6 Å². The quantitative estimate of drug-likeness (QED) is 0.692. The van der Waals surface area contributed by atoms with Gasteiger partial charge < -0.3 is 0 Å². The van der Waals surface area contributed by atoms with Gasteiger partial charge in [0.15, 0.2) is 5.65 Å². The zero-order valence-electron chi connectivity index (χ0n) is 12.8. The number of halogens is 1. The molecular weight excluding hydrogens is 306 g/mol. The van der Waals surface area contributed by atoms with Crippen molar-refractivity contribution in [2.24, 2.45) is 7.05 Å². The summed E-state index contributed by atoms with van der Waals surface area (Å²) in [4.78, 5) is 9.22. The molecule has 0 aliphatic heterocycles. The van der Waals surface area contributed by atoms with E-state index < -0.39 is 0 Å². The van der Waals surface area contributed by atoms with E-state index in [2.05, 4.69) is 28.5 Å². The van der Waals surface area contributed by atoms with E-state index in [0.29, 0.717) is 0 Å². The number of rotatable bonds is 3. The molecule has 0 saturated carbocycles. The Kier molecular flexibility index (Phi) is 3.33. The van der Waals surface area contributed by atoms with Crippen molar-refractivity contribution in [1.29, 1.82) is 0 Å². The molecule has 112 valence electrons. The molecule has 7 heteroatoms. The Morgan fingerprint density at radius 1 is 1.38 bits per heavy atom. The minimum atomic E-state index is -0.332. The standard InChI is InChI=1S/C14H18ClN5S/c1-8(15)11-17-10-9(2)18-19(5)12(10)20(11)14(3,4)13-16-6-7-21-13/h6-8H,1-5H3. The number of nitrogens with zero attached hydrogens (tertiary/aromatic N) is 5. The van der Waals surface area contributed by atoms with Gasteiger partial charge in [0.2, 0.25) is 0 Å². The Balaban J connectivity index is 2.37. The zero-order valence-corrected chi connectivity index (χ0v) is 14.3. The lowest BCUT2D eigenvalue weighted by atomic mass is 10.1. The van der Waals surface area contributed by atoms with Crippen molar-refractivity contribution in [3.05, 3.63) is 28.1 Å². The molecule has 0 spiro atoms. The van der Waals surface area contributed by atoms with E-state index in [1.165, 1.54) is 0 Å². The first kappa shape index (κ1) is 14.5. The molecule has 21 heavy (non-hydrogen) atoms. The third kappa shape index (κ3) is 2.08. The van der Waals surface area contributed by atoms with Gasteiger partial charge in [-0.15, -0.1) is 22.9 Å². The maximum atomic E-state index is 6.38. The monoisotopic (exact) mass is 323 g/mol. The Morgan fingerprint density at radius 3 is 2.67 bits per heavy atom. The average molecular weight is 324 g/mol. The number of alkyl halides is 1. The Bertz CT molecular complexity index is 782. The number of aromatic nitrogens is 5. The van der Waals surface area contributed by atoms with Gasteiger partial charge in [-0.05, 0) is 27.7 Å². The summed E-state index contributed by atoms with van der Waals surface area (Å²) in [6, 6.07) is 0. The first-order valence-corrected chi connectivity index (χ1v) is 8.12. The molecular formula is C14H18ClN5S. The van der Waals surface area contributed by atoms with Crippen LogP contribution < -0.4 is 0 Å². The molecule has 0 aromatic carbocycles. The minimum Gasteiger partial charge on any atom is -0.299 e. The molecule has 0 N–H and O–H groups in total. The minimum absolute atomic E-state index is 0.184. The van der Waals surface area contributed by atoms with Gasteiger partial charge in [-0.3, -0.25) is 9.25 Å². The molecule has 0 aliphatic carbocycles. The van der Waals surface area contributed by atoms with E-state index in [1.807, 2.05) is 37.2 Å². The van der Waals surface area contributed by atoms with Crippen LogP contribution in [0.5, 0.6) is 0 Å². The molecule has 3 aromatic heterocycles. The van der Waals surface area contributed by atoms with Crippen LogP contribution >= 0.6 is 22.9 Å². The molecule has 3 heterocycles. The molecule has 5 nitrogen and oxygen atoms in total. The maximum Gasteiger partial charge on any atom is 0.159 e. The summed E-state index contributed by atoms with van der Waals surface area (Å²) < 4.78 is 4.04. The molecule has 0 fully saturated rings. The van der Waals surface area contributed by atoms with Crippen LogP contribution in [0.3, 0.4) is 0 Å². The largest absolute Gasteiger partial charge is 0.299 e. The predicted octanol–water partition coefficient (Wildman–Crippen LogP) is 3.62. The van der Waals surface area contributed by atoms with Gasteiger partial charge in [0.1, 0.15) is 16.3 Å². The fraction of sp³-hybridized carbons (Fsp3) is 0.500. The van der Waals surface area contributed by atoms with Crippen LogP contribution in [0.25, 0.3) is 11.2 Å². The second kappa shape index (κ2) is 4.81. The van der Waals surface area contributed by atoms with Gasteiger partial charge in [0, 0.05) is 18.6 Å². The smallest absolute Gasteiger partial charge is 0.159 e. The normalized spacial score (nSPS) is 14.0. The van der Waals surface area contributed by atoms with Gasteiger partial charge in [-0.2, -0.15) is 5.10 Å². The van der Waals surface area contributed by atoms with E-state index in [9.17, 15) is 0 Å². The third-order valence-electron chi connectivity index (χ3n) is 3.70. The highest BCUT2D eigenvalue weighted by molar-refractivity contribution is 7.09. The number of hydrogen-bond donors (Lipinski definition) is 0. The zero-order chi connectivity index (χ0) is 15.4. The molecule has 1 atom stereocenters. The molecule has 0 amide bonds. The summed E-state index contributed by atoms with van der Waals surface area (Å²) in [5.74, 6) is 0.850. The summed E-state index contributed by atoms with van der Waals surface area (Å²) in [5, 5.41) is 7.31. The molecule has 0 bridgehead atoms.